The van der Waals surface area contributed by atoms with E-state index in [4.69, 9.17) is 5.11 Å². The third-order valence-corrected chi connectivity index (χ3v) is 4.53. The highest BCUT2D eigenvalue weighted by Crippen LogP contribution is 2.29. The quantitative estimate of drug-likeness (QED) is 0.802. The van der Waals surface area contributed by atoms with Crippen molar-refractivity contribution in [3.63, 3.8) is 0 Å². The van der Waals surface area contributed by atoms with Gasteiger partial charge in [-0.15, -0.1) is 11.3 Å². The molecule has 2 heterocycles. The average molecular weight is 298 g/mol. The second-order valence-electron chi connectivity index (χ2n) is 4.94. The molecule has 0 fully saturated rings. The van der Waals surface area contributed by atoms with Crippen LogP contribution in [0.4, 0.5) is 0 Å². The third kappa shape index (κ3) is 2.64. The maximum absolute atomic E-state index is 10.9. The Morgan fingerprint density at radius 3 is 2.76 bits per heavy atom. The molecule has 0 aliphatic heterocycles. The van der Waals surface area contributed by atoms with Crippen LogP contribution >= 0.6 is 11.3 Å². The van der Waals surface area contributed by atoms with Gasteiger partial charge < -0.3 is 5.11 Å². The number of carboxylic acid groups (broad SMARTS) is 1. The number of hydrogen-bond acceptors (Lipinski definition) is 4. The van der Waals surface area contributed by atoms with Gasteiger partial charge >= 0.3 is 5.97 Å². The number of benzene rings is 1. The van der Waals surface area contributed by atoms with Crippen LogP contribution in [0.1, 0.15) is 16.1 Å². The number of nitrogens with zero attached hydrogens (tertiary/aromatic N) is 2. The molecule has 0 spiro atoms. The lowest BCUT2D eigenvalue weighted by Crippen LogP contribution is -1.99. The van der Waals surface area contributed by atoms with E-state index < -0.39 is 5.97 Å². The van der Waals surface area contributed by atoms with Crippen LogP contribution < -0.4 is 0 Å². The van der Waals surface area contributed by atoms with Gasteiger partial charge in [0.2, 0.25) is 0 Å². The minimum Gasteiger partial charge on any atom is -0.481 e. The molecule has 1 N–H and O–H groups in total. The number of fused-ring (bicyclic) bond motifs is 1. The van der Waals surface area contributed by atoms with Crippen molar-refractivity contribution in [1.29, 1.82) is 0 Å². The standard InChI is InChI=1S/C16H14N2O2S/c1-9-7-13(18-12-6-4-3-5-11(9)12)16-17-10(2)14(21-16)8-15(19)20/h3-7H,8H2,1-2H3,(H,19,20). The number of thiazole rings is 1. The molecular weight excluding hydrogens is 284 g/mol. The van der Waals surface area contributed by atoms with Crippen molar-refractivity contribution in [1.82, 2.24) is 9.97 Å². The minimum absolute atomic E-state index is 0.00998. The Morgan fingerprint density at radius 2 is 2.00 bits per heavy atom. The normalized spacial score (nSPS) is 11.0. The molecule has 0 atom stereocenters. The number of aliphatic carboxylic acids is 1. The predicted octanol–water partition coefficient (Wildman–Crippen LogP) is 3.60. The SMILES string of the molecule is Cc1nc(-c2cc(C)c3ccccc3n2)sc1CC(=O)O. The van der Waals surface area contributed by atoms with Crippen molar-refractivity contribution < 1.29 is 9.90 Å². The number of pyridine rings is 1. The van der Waals surface area contributed by atoms with Gasteiger partial charge in [-0.1, -0.05) is 18.2 Å². The number of para-hydroxylation sites is 1. The maximum Gasteiger partial charge on any atom is 0.308 e. The number of aromatic nitrogens is 2. The lowest BCUT2D eigenvalue weighted by Gasteiger charge is -2.04. The lowest BCUT2D eigenvalue weighted by molar-refractivity contribution is -0.136. The molecule has 3 rings (SSSR count). The number of carbonyl (C=O) groups is 1. The van der Waals surface area contributed by atoms with Crippen molar-refractivity contribution in [2.24, 2.45) is 0 Å². The summed E-state index contributed by atoms with van der Waals surface area (Å²) in [6.07, 6.45) is 0.00998. The van der Waals surface area contributed by atoms with Crippen LogP contribution in [0.2, 0.25) is 0 Å². The third-order valence-electron chi connectivity index (χ3n) is 3.35. The number of carboxylic acids is 1. The van der Waals surface area contributed by atoms with Gasteiger partial charge in [0.1, 0.15) is 5.01 Å². The number of rotatable bonds is 3. The predicted molar refractivity (Wildman–Crippen MR) is 83.7 cm³/mol. The van der Waals surface area contributed by atoms with E-state index in [0.717, 1.165) is 37.7 Å². The van der Waals surface area contributed by atoms with Crippen LogP contribution in [0.15, 0.2) is 30.3 Å². The fourth-order valence-electron chi connectivity index (χ4n) is 2.30. The summed E-state index contributed by atoms with van der Waals surface area (Å²) >= 11 is 1.40. The van der Waals surface area contributed by atoms with E-state index in [0.29, 0.717) is 0 Å². The first-order chi connectivity index (χ1) is 10.0. The molecule has 21 heavy (non-hydrogen) atoms. The molecule has 106 valence electrons. The van der Waals surface area contributed by atoms with E-state index in [1.807, 2.05) is 44.2 Å². The first-order valence-corrected chi connectivity index (χ1v) is 7.41. The molecular formula is C16H14N2O2S. The van der Waals surface area contributed by atoms with Gasteiger partial charge in [-0.05, 0) is 31.5 Å². The minimum atomic E-state index is -0.837. The highest BCUT2D eigenvalue weighted by Gasteiger charge is 2.14. The van der Waals surface area contributed by atoms with Crippen LogP contribution in [0.3, 0.4) is 0 Å². The number of aryl methyl sites for hydroxylation is 2. The Balaban J connectivity index is 2.10. The first-order valence-electron chi connectivity index (χ1n) is 6.59. The van der Waals surface area contributed by atoms with Crippen molar-refractivity contribution in [2.45, 2.75) is 20.3 Å². The zero-order valence-electron chi connectivity index (χ0n) is 11.8. The van der Waals surface area contributed by atoms with Crippen molar-refractivity contribution >= 4 is 28.2 Å². The Labute approximate surface area is 126 Å². The summed E-state index contributed by atoms with van der Waals surface area (Å²) < 4.78 is 0. The Kier molecular flexibility index (Phi) is 3.43. The summed E-state index contributed by atoms with van der Waals surface area (Å²) in [6.45, 7) is 3.89. The van der Waals surface area contributed by atoms with E-state index in [-0.39, 0.29) is 6.42 Å². The maximum atomic E-state index is 10.9. The van der Waals surface area contributed by atoms with Gasteiger partial charge in [0, 0.05) is 10.3 Å². The summed E-state index contributed by atoms with van der Waals surface area (Å²) in [7, 11) is 0. The monoisotopic (exact) mass is 298 g/mol. The topological polar surface area (TPSA) is 63.1 Å². The van der Waals surface area contributed by atoms with E-state index in [1.54, 1.807) is 0 Å². The molecule has 4 nitrogen and oxygen atoms in total. The molecule has 3 aromatic rings. The van der Waals surface area contributed by atoms with Crippen molar-refractivity contribution in [3.8, 4) is 10.7 Å². The summed E-state index contributed by atoms with van der Waals surface area (Å²) in [4.78, 5) is 20.8. The molecule has 0 saturated carbocycles. The lowest BCUT2D eigenvalue weighted by atomic mass is 10.1. The van der Waals surface area contributed by atoms with E-state index >= 15 is 0 Å². The second-order valence-corrected chi connectivity index (χ2v) is 6.02. The highest BCUT2D eigenvalue weighted by atomic mass is 32.1. The molecule has 0 unspecified atom stereocenters. The fraction of sp³-hybridized carbons (Fsp3) is 0.188. The van der Waals surface area contributed by atoms with Crippen molar-refractivity contribution in [3.05, 3.63) is 46.5 Å². The van der Waals surface area contributed by atoms with Gasteiger partial charge in [0.05, 0.1) is 23.3 Å². The van der Waals surface area contributed by atoms with Gasteiger partial charge in [-0.2, -0.15) is 0 Å². The van der Waals surface area contributed by atoms with Gasteiger partial charge in [-0.3, -0.25) is 4.79 Å². The van der Waals surface area contributed by atoms with E-state index in [1.165, 1.54) is 11.3 Å². The molecule has 0 bridgehead atoms. The zero-order chi connectivity index (χ0) is 15.0. The molecule has 0 aliphatic rings. The Morgan fingerprint density at radius 1 is 1.24 bits per heavy atom. The molecule has 1 aromatic carbocycles. The molecule has 0 amide bonds. The molecule has 2 aromatic heterocycles. The van der Waals surface area contributed by atoms with Crippen LogP contribution in [0.5, 0.6) is 0 Å². The van der Waals surface area contributed by atoms with E-state index in [2.05, 4.69) is 9.97 Å². The van der Waals surface area contributed by atoms with Gasteiger partial charge in [0.25, 0.3) is 0 Å². The van der Waals surface area contributed by atoms with E-state index in [9.17, 15) is 4.79 Å². The average Bonchev–Trinajstić information content (AvgIpc) is 2.79. The number of hydrogen-bond donors (Lipinski definition) is 1. The molecule has 0 saturated heterocycles. The fourth-order valence-corrected chi connectivity index (χ4v) is 3.31. The van der Waals surface area contributed by atoms with Crippen molar-refractivity contribution in [2.75, 3.05) is 0 Å². The first kappa shape index (κ1) is 13.7. The summed E-state index contributed by atoms with van der Waals surface area (Å²) in [5, 5.41) is 10.8. The molecule has 0 aliphatic carbocycles. The highest BCUT2D eigenvalue weighted by molar-refractivity contribution is 7.15. The van der Waals surface area contributed by atoms with Gasteiger partial charge in [0.15, 0.2) is 0 Å². The van der Waals surface area contributed by atoms with Crippen LogP contribution in [-0.2, 0) is 11.2 Å². The summed E-state index contributed by atoms with van der Waals surface area (Å²) in [5.74, 6) is -0.837. The van der Waals surface area contributed by atoms with Crippen LogP contribution in [-0.4, -0.2) is 21.0 Å². The van der Waals surface area contributed by atoms with Gasteiger partial charge in [-0.25, -0.2) is 9.97 Å². The molecule has 5 heteroatoms. The molecule has 0 radical (unpaired) electrons. The summed E-state index contributed by atoms with van der Waals surface area (Å²) in [5.41, 5.74) is 3.64. The largest absolute Gasteiger partial charge is 0.481 e. The zero-order valence-corrected chi connectivity index (χ0v) is 12.6. The Hall–Kier alpha value is -2.27. The van der Waals surface area contributed by atoms with Crippen LogP contribution in [0.25, 0.3) is 21.6 Å². The Bertz CT molecular complexity index is 839. The van der Waals surface area contributed by atoms with Crippen LogP contribution in [0, 0.1) is 13.8 Å². The smallest absolute Gasteiger partial charge is 0.308 e. The summed E-state index contributed by atoms with van der Waals surface area (Å²) in [6, 6.07) is 9.98. The second kappa shape index (κ2) is 5.26.